The van der Waals surface area contributed by atoms with Gasteiger partial charge in [-0.15, -0.1) is 0 Å². The molecule has 1 amide bonds. The number of hydrogen-bond acceptors (Lipinski definition) is 3. The zero-order chi connectivity index (χ0) is 13.6. The Bertz CT molecular complexity index is 416. The topological polar surface area (TPSA) is 78.4 Å². The molecule has 0 unspecified atom stereocenters. The highest BCUT2D eigenvalue weighted by atomic mass is 16.4. The fraction of sp³-hybridized carbons (Fsp3) is 0.385. The monoisotopic (exact) mass is 250 g/mol. The highest BCUT2D eigenvalue weighted by Gasteiger charge is 2.27. The third-order valence-electron chi connectivity index (χ3n) is 2.53. The van der Waals surface area contributed by atoms with E-state index in [1.165, 1.54) is 0 Å². The second kappa shape index (κ2) is 6.05. The van der Waals surface area contributed by atoms with Crippen molar-refractivity contribution in [3.8, 4) is 0 Å². The van der Waals surface area contributed by atoms with Gasteiger partial charge >= 0.3 is 5.97 Å². The summed E-state index contributed by atoms with van der Waals surface area (Å²) in [6.07, 6.45) is 0. The van der Waals surface area contributed by atoms with E-state index < -0.39 is 11.4 Å². The Labute approximate surface area is 106 Å². The van der Waals surface area contributed by atoms with E-state index in [1.54, 1.807) is 13.8 Å². The lowest BCUT2D eigenvalue weighted by atomic mass is 9.94. The minimum absolute atomic E-state index is 0.109. The number of carboxylic acid groups (broad SMARTS) is 1. The van der Waals surface area contributed by atoms with E-state index in [2.05, 4.69) is 10.6 Å². The van der Waals surface area contributed by atoms with Gasteiger partial charge in [0.15, 0.2) is 0 Å². The fourth-order valence-corrected chi connectivity index (χ4v) is 1.20. The van der Waals surface area contributed by atoms with Gasteiger partial charge < -0.3 is 15.7 Å². The maximum absolute atomic E-state index is 11.5. The zero-order valence-electron chi connectivity index (χ0n) is 10.6. The van der Waals surface area contributed by atoms with E-state index in [0.29, 0.717) is 0 Å². The molecule has 18 heavy (non-hydrogen) atoms. The van der Waals surface area contributed by atoms with Crippen LogP contribution in [-0.2, 0) is 9.59 Å². The summed E-state index contributed by atoms with van der Waals surface area (Å²) in [6, 6.07) is 9.34. The second-order valence-electron chi connectivity index (χ2n) is 4.69. The van der Waals surface area contributed by atoms with Gasteiger partial charge in [-0.1, -0.05) is 18.2 Å². The summed E-state index contributed by atoms with van der Waals surface area (Å²) in [6.45, 7) is 3.37. The molecule has 0 aliphatic heterocycles. The fourth-order valence-electron chi connectivity index (χ4n) is 1.20. The Kier molecular flexibility index (Phi) is 4.71. The van der Waals surface area contributed by atoms with E-state index in [4.69, 9.17) is 5.11 Å². The van der Waals surface area contributed by atoms with Crippen molar-refractivity contribution in [1.29, 1.82) is 0 Å². The molecule has 0 aromatic heterocycles. The average Bonchev–Trinajstić information content (AvgIpc) is 2.35. The summed E-state index contributed by atoms with van der Waals surface area (Å²) < 4.78 is 0. The first-order valence-corrected chi connectivity index (χ1v) is 5.71. The number of carboxylic acids is 1. The van der Waals surface area contributed by atoms with Crippen LogP contribution in [0.1, 0.15) is 13.8 Å². The number of nitrogens with one attached hydrogen (secondary N) is 2. The summed E-state index contributed by atoms with van der Waals surface area (Å²) >= 11 is 0. The molecule has 0 spiro atoms. The SMILES string of the molecule is CC(C)(CNC(=O)CNc1ccccc1)C(=O)O. The molecule has 0 saturated carbocycles. The number of aliphatic carboxylic acids is 1. The maximum Gasteiger partial charge on any atom is 0.310 e. The van der Waals surface area contributed by atoms with Crippen molar-refractivity contribution in [2.75, 3.05) is 18.4 Å². The van der Waals surface area contributed by atoms with E-state index in [9.17, 15) is 9.59 Å². The van der Waals surface area contributed by atoms with Crippen LogP contribution in [0.15, 0.2) is 30.3 Å². The first kappa shape index (κ1) is 14.0. The van der Waals surface area contributed by atoms with Gasteiger partial charge in [-0.05, 0) is 26.0 Å². The smallest absolute Gasteiger partial charge is 0.310 e. The van der Waals surface area contributed by atoms with Crippen LogP contribution in [0, 0.1) is 5.41 Å². The molecule has 0 bridgehead atoms. The third-order valence-corrected chi connectivity index (χ3v) is 2.53. The van der Waals surface area contributed by atoms with Gasteiger partial charge in [-0.25, -0.2) is 0 Å². The zero-order valence-corrected chi connectivity index (χ0v) is 10.6. The minimum Gasteiger partial charge on any atom is -0.481 e. The number of hydrogen-bond donors (Lipinski definition) is 3. The predicted molar refractivity (Wildman–Crippen MR) is 69.4 cm³/mol. The standard InChI is InChI=1S/C13H18N2O3/c1-13(2,12(17)18)9-15-11(16)8-14-10-6-4-3-5-7-10/h3-7,14H,8-9H2,1-2H3,(H,15,16)(H,17,18). The Hall–Kier alpha value is -2.04. The molecule has 98 valence electrons. The molecule has 3 N–H and O–H groups in total. The van der Waals surface area contributed by atoms with Gasteiger partial charge in [0.25, 0.3) is 0 Å². The van der Waals surface area contributed by atoms with Crippen molar-refractivity contribution in [2.45, 2.75) is 13.8 Å². The Balaban J connectivity index is 2.33. The molecule has 0 aliphatic rings. The van der Waals surface area contributed by atoms with Crippen molar-refractivity contribution >= 4 is 17.6 Å². The molecule has 1 rings (SSSR count). The lowest BCUT2D eigenvalue weighted by molar-refractivity contribution is -0.146. The molecule has 0 fully saturated rings. The lowest BCUT2D eigenvalue weighted by Gasteiger charge is -2.19. The number of rotatable bonds is 6. The lowest BCUT2D eigenvalue weighted by Crippen LogP contribution is -2.40. The van der Waals surface area contributed by atoms with Gasteiger partial charge in [0.1, 0.15) is 0 Å². The van der Waals surface area contributed by atoms with E-state index >= 15 is 0 Å². The highest BCUT2D eigenvalue weighted by Crippen LogP contribution is 2.12. The molecule has 1 aromatic rings. The van der Waals surface area contributed by atoms with Crippen molar-refractivity contribution in [1.82, 2.24) is 5.32 Å². The molecule has 5 heteroatoms. The summed E-state index contributed by atoms with van der Waals surface area (Å²) in [5, 5.41) is 14.4. The molecular weight excluding hydrogens is 232 g/mol. The maximum atomic E-state index is 11.5. The average molecular weight is 250 g/mol. The van der Waals surface area contributed by atoms with Crippen molar-refractivity contribution in [2.24, 2.45) is 5.41 Å². The second-order valence-corrected chi connectivity index (χ2v) is 4.69. The van der Waals surface area contributed by atoms with Gasteiger partial charge in [0.2, 0.25) is 5.91 Å². The van der Waals surface area contributed by atoms with Gasteiger partial charge in [-0.3, -0.25) is 9.59 Å². The van der Waals surface area contributed by atoms with Crippen LogP contribution in [0.4, 0.5) is 5.69 Å². The Morgan fingerprint density at radius 1 is 1.22 bits per heavy atom. The first-order chi connectivity index (χ1) is 8.42. The number of amides is 1. The predicted octanol–water partition coefficient (Wildman–Crippen LogP) is 1.33. The van der Waals surface area contributed by atoms with Crippen LogP contribution in [0.3, 0.4) is 0 Å². The summed E-state index contributed by atoms with van der Waals surface area (Å²) in [7, 11) is 0. The van der Waals surface area contributed by atoms with Crippen molar-refractivity contribution in [3.63, 3.8) is 0 Å². The molecule has 0 heterocycles. The summed E-state index contributed by atoms with van der Waals surface area (Å²) in [4.78, 5) is 22.4. The van der Waals surface area contributed by atoms with Crippen LogP contribution in [0.25, 0.3) is 0 Å². The summed E-state index contributed by atoms with van der Waals surface area (Å²) in [5.41, 5.74) is -0.104. The minimum atomic E-state index is -0.956. The normalized spacial score (nSPS) is 10.8. The number of anilines is 1. The van der Waals surface area contributed by atoms with Gasteiger partial charge in [-0.2, -0.15) is 0 Å². The Morgan fingerprint density at radius 2 is 1.83 bits per heavy atom. The van der Waals surface area contributed by atoms with E-state index in [0.717, 1.165) is 5.69 Å². The van der Waals surface area contributed by atoms with E-state index in [1.807, 2.05) is 30.3 Å². The largest absolute Gasteiger partial charge is 0.481 e. The van der Waals surface area contributed by atoms with Crippen molar-refractivity contribution in [3.05, 3.63) is 30.3 Å². The third kappa shape index (κ3) is 4.45. The molecule has 5 nitrogen and oxygen atoms in total. The van der Waals surface area contributed by atoms with Crippen LogP contribution in [0.5, 0.6) is 0 Å². The van der Waals surface area contributed by atoms with Gasteiger partial charge in [0.05, 0.1) is 12.0 Å². The number of para-hydroxylation sites is 1. The molecule has 0 aliphatic carbocycles. The highest BCUT2D eigenvalue weighted by molar-refractivity contribution is 5.82. The van der Waals surface area contributed by atoms with Crippen LogP contribution in [0.2, 0.25) is 0 Å². The Morgan fingerprint density at radius 3 is 2.39 bits per heavy atom. The number of carbonyl (C=O) groups excluding carboxylic acids is 1. The molecule has 1 aromatic carbocycles. The molecule has 0 atom stereocenters. The van der Waals surface area contributed by atoms with Crippen LogP contribution < -0.4 is 10.6 Å². The quantitative estimate of drug-likeness (QED) is 0.711. The number of carbonyl (C=O) groups is 2. The first-order valence-electron chi connectivity index (χ1n) is 5.71. The van der Waals surface area contributed by atoms with E-state index in [-0.39, 0.29) is 19.0 Å². The molecule has 0 saturated heterocycles. The van der Waals surface area contributed by atoms with Crippen molar-refractivity contribution < 1.29 is 14.7 Å². The molecule has 0 radical (unpaired) electrons. The molecular formula is C13H18N2O3. The number of benzene rings is 1. The van der Waals surface area contributed by atoms with Gasteiger partial charge in [0, 0.05) is 12.2 Å². The van der Waals surface area contributed by atoms with Crippen LogP contribution in [-0.4, -0.2) is 30.1 Å². The summed E-state index contributed by atoms with van der Waals surface area (Å²) in [5.74, 6) is -1.16. The van der Waals surface area contributed by atoms with Crippen LogP contribution >= 0.6 is 0 Å².